The standard InChI is InChI=1S/C20H20F3N5O2/c1-12(14-4-6-15(7-5-14)20(21,22)23)10-19(29)24-16-8-9-18(30-3)17(11-16)28-13(2)25-26-27-28/h4-9,11-12H,10H2,1-3H3,(H,24,29). The van der Waals surface area contributed by atoms with Crippen LogP contribution in [0.4, 0.5) is 18.9 Å². The molecule has 0 spiro atoms. The first kappa shape index (κ1) is 21.3. The highest BCUT2D eigenvalue weighted by Gasteiger charge is 2.30. The van der Waals surface area contributed by atoms with Crippen molar-refractivity contribution >= 4 is 11.6 Å². The minimum atomic E-state index is -4.39. The number of amides is 1. The second kappa shape index (κ2) is 8.52. The van der Waals surface area contributed by atoms with Gasteiger partial charge in [0.05, 0.1) is 12.7 Å². The summed E-state index contributed by atoms with van der Waals surface area (Å²) in [6.07, 6.45) is -4.28. The number of hydrogen-bond acceptors (Lipinski definition) is 5. The molecular formula is C20H20F3N5O2. The Bertz CT molecular complexity index is 1030. The van der Waals surface area contributed by atoms with Crippen LogP contribution in [-0.2, 0) is 11.0 Å². The van der Waals surface area contributed by atoms with Crippen molar-refractivity contribution in [3.05, 3.63) is 59.4 Å². The zero-order chi connectivity index (χ0) is 21.9. The molecule has 0 fully saturated rings. The van der Waals surface area contributed by atoms with Gasteiger partial charge in [-0.3, -0.25) is 4.79 Å². The summed E-state index contributed by atoms with van der Waals surface area (Å²) in [6.45, 7) is 3.52. The zero-order valence-electron chi connectivity index (χ0n) is 16.6. The summed E-state index contributed by atoms with van der Waals surface area (Å²) in [5.74, 6) is 0.549. The second-order valence-corrected chi connectivity index (χ2v) is 6.80. The molecule has 1 N–H and O–H groups in total. The third-order valence-electron chi connectivity index (χ3n) is 4.61. The second-order valence-electron chi connectivity index (χ2n) is 6.80. The van der Waals surface area contributed by atoms with Gasteiger partial charge >= 0.3 is 6.18 Å². The first-order chi connectivity index (χ1) is 14.2. The monoisotopic (exact) mass is 419 g/mol. The Kier molecular flexibility index (Phi) is 6.04. The van der Waals surface area contributed by atoms with Crippen molar-refractivity contribution in [3.63, 3.8) is 0 Å². The van der Waals surface area contributed by atoms with Crippen LogP contribution in [0, 0.1) is 6.92 Å². The van der Waals surface area contributed by atoms with Gasteiger partial charge in [-0.15, -0.1) is 5.10 Å². The van der Waals surface area contributed by atoms with Crippen molar-refractivity contribution in [2.45, 2.75) is 32.4 Å². The van der Waals surface area contributed by atoms with Crippen molar-refractivity contribution in [2.75, 3.05) is 12.4 Å². The number of alkyl halides is 3. The Hall–Kier alpha value is -3.43. The molecule has 1 unspecified atom stereocenters. The third kappa shape index (κ3) is 4.76. The molecular weight excluding hydrogens is 399 g/mol. The van der Waals surface area contributed by atoms with Crippen LogP contribution in [0.3, 0.4) is 0 Å². The molecule has 0 bridgehead atoms. The first-order valence-electron chi connectivity index (χ1n) is 9.09. The van der Waals surface area contributed by atoms with Gasteiger partial charge in [-0.05, 0) is 59.2 Å². The number of methoxy groups -OCH3 is 1. The summed E-state index contributed by atoms with van der Waals surface area (Å²) >= 11 is 0. The van der Waals surface area contributed by atoms with Crippen molar-refractivity contribution < 1.29 is 22.7 Å². The molecule has 0 saturated carbocycles. The highest BCUT2D eigenvalue weighted by Crippen LogP contribution is 2.31. The molecule has 1 aromatic heterocycles. The maximum atomic E-state index is 12.7. The molecule has 0 aliphatic rings. The quantitative estimate of drug-likeness (QED) is 0.650. The average molecular weight is 419 g/mol. The van der Waals surface area contributed by atoms with Gasteiger partial charge in [0.15, 0.2) is 5.82 Å². The van der Waals surface area contributed by atoms with Crippen LogP contribution >= 0.6 is 0 Å². The van der Waals surface area contributed by atoms with E-state index in [1.54, 1.807) is 32.0 Å². The average Bonchev–Trinajstić information content (AvgIpc) is 3.13. The van der Waals surface area contributed by atoms with E-state index in [9.17, 15) is 18.0 Å². The van der Waals surface area contributed by atoms with Crippen molar-refractivity contribution in [1.82, 2.24) is 20.2 Å². The van der Waals surface area contributed by atoms with E-state index in [0.29, 0.717) is 28.5 Å². The van der Waals surface area contributed by atoms with Crippen LogP contribution in [-0.4, -0.2) is 33.2 Å². The van der Waals surface area contributed by atoms with Crippen LogP contribution < -0.4 is 10.1 Å². The number of aromatic nitrogens is 4. The van der Waals surface area contributed by atoms with E-state index in [4.69, 9.17) is 4.74 Å². The number of nitrogens with one attached hydrogen (secondary N) is 1. The van der Waals surface area contributed by atoms with E-state index < -0.39 is 11.7 Å². The minimum absolute atomic E-state index is 0.108. The van der Waals surface area contributed by atoms with Gasteiger partial charge in [0.2, 0.25) is 5.91 Å². The van der Waals surface area contributed by atoms with Gasteiger partial charge in [0.25, 0.3) is 0 Å². The normalized spacial score (nSPS) is 12.5. The summed E-state index contributed by atoms with van der Waals surface area (Å²) in [7, 11) is 1.52. The fourth-order valence-electron chi connectivity index (χ4n) is 3.00. The molecule has 0 saturated heterocycles. The van der Waals surface area contributed by atoms with Crippen LogP contribution in [0.25, 0.3) is 5.69 Å². The Morgan fingerprint density at radius 2 is 1.90 bits per heavy atom. The molecule has 3 aromatic rings. The molecule has 1 heterocycles. The number of anilines is 1. The number of nitrogens with zero attached hydrogens (tertiary/aromatic N) is 4. The minimum Gasteiger partial charge on any atom is -0.494 e. The maximum absolute atomic E-state index is 12.7. The lowest BCUT2D eigenvalue weighted by Crippen LogP contribution is -2.15. The fraction of sp³-hybridized carbons (Fsp3) is 0.300. The SMILES string of the molecule is COc1ccc(NC(=O)CC(C)c2ccc(C(F)(F)F)cc2)cc1-n1nnnc1C. The summed E-state index contributed by atoms with van der Waals surface area (Å²) < 4.78 is 44.9. The molecule has 30 heavy (non-hydrogen) atoms. The summed E-state index contributed by atoms with van der Waals surface area (Å²) in [6, 6.07) is 9.89. The molecule has 2 aromatic carbocycles. The summed E-state index contributed by atoms with van der Waals surface area (Å²) in [5.41, 5.74) is 1.02. The van der Waals surface area contributed by atoms with E-state index >= 15 is 0 Å². The lowest BCUT2D eigenvalue weighted by molar-refractivity contribution is -0.137. The Morgan fingerprint density at radius 3 is 2.47 bits per heavy atom. The molecule has 3 rings (SSSR count). The summed E-state index contributed by atoms with van der Waals surface area (Å²) in [4.78, 5) is 12.5. The van der Waals surface area contributed by atoms with E-state index in [0.717, 1.165) is 12.1 Å². The molecule has 0 aliphatic heterocycles. The van der Waals surface area contributed by atoms with Crippen LogP contribution in [0.15, 0.2) is 42.5 Å². The van der Waals surface area contributed by atoms with E-state index in [-0.39, 0.29) is 18.2 Å². The number of tetrazole rings is 1. The number of halogens is 3. The highest BCUT2D eigenvalue weighted by molar-refractivity contribution is 5.91. The van der Waals surface area contributed by atoms with Crippen molar-refractivity contribution in [1.29, 1.82) is 0 Å². The number of aryl methyl sites for hydroxylation is 1. The lowest BCUT2D eigenvalue weighted by atomic mass is 9.96. The fourth-order valence-corrected chi connectivity index (χ4v) is 3.00. The summed E-state index contributed by atoms with van der Waals surface area (Å²) in [5, 5.41) is 14.2. The Morgan fingerprint density at radius 1 is 1.20 bits per heavy atom. The van der Waals surface area contributed by atoms with Crippen LogP contribution in [0.5, 0.6) is 5.75 Å². The highest BCUT2D eigenvalue weighted by atomic mass is 19.4. The van der Waals surface area contributed by atoms with E-state index in [1.807, 2.05) is 0 Å². The van der Waals surface area contributed by atoms with Gasteiger partial charge in [-0.2, -0.15) is 17.9 Å². The van der Waals surface area contributed by atoms with Gasteiger partial charge < -0.3 is 10.1 Å². The molecule has 1 amide bonds. The Balaban J connectivity index is 1.71. The predicted molar refractivity (Wildman–Crippen MR) is 104 cm³/mol. The Labute approximate surface area is 170 Å². The largest absolute Gasteiger partial charge is 0.494 e. The zero-order valence-corrected chi connectivity index (χ0v) is 16.6. The number of benzene rings is 2. The molecule has 0 aliphatic carbocycles. The molecule has 0 radical (unpaired) electrons. The van der Waals surface area contributed by atoms with Gasteiger partial charge in [0, 0.05) is 12.1 Å². The maximum Gasteiger partial charge on any atom is 0.416 e. The molecule has 10 heteroatoms. The van der Waals surface area contributed by atoms with Crippen LogP contribution in [0.1, 0.15) is 36.2 Å². The van der Waals surface area contributed by atoms with Gasteiger partial charge in [-0.1, -0.05) is 19.1 Å². The van der Waals surface area contributed by atoms with Crippen molar-refractivity contribution in [3.8, 4) is 11.4 Å². The van der Waals surface area contributed by atoms with Crippen molar-refractivity contribution in [2.24, 2.45) is 0 Å². The first-order valence-corrected chi connectivity index (χ1v) is 9.09. The molecule has 1 atom stereocenters. The number of ether oxygens (including phenoxy) is 1. The predicted octanol–water partition coefficient (Wildman–Crippen LogP) is 4.13. The van der Waals surface area contributed by atoms with Gasteiger partial charge in [-0.25, -0.2) is 0 Å². The lowest BCUT2D eigenvalue weighted by Gasteiger charge is -2.15. The van der Waals surface area contributed by atoms with Gasteiger partial charge in [0.1, 0.15) is 11.4 Å². The smallest absolute Gasteiger partial charge is 0.416 e. The number of carbonyl (C=O) groups excluding carboxylic acids is 1. The number of rotatable bonds is 6. The van der Waals surface area contributed by atoms with Crippen LogP contribution in [0.2, 0.25) is 0 Å². The molecule has 7 nitrogen and oxygen atoms in total. The molecule has 158 valence electrons. The third-order valence-corrected chi connectivity index (χ3v) is 4.61. The van der Waals surface area contributed by atoms with E-state index in [1.165, 1.54) is 23.9 Å². The topological polar surface area (TPSA) is 81.9 Å². The number of carbonyl (C=O) groups is 1. The van der Waals surface area contributed by atoms with E-state index in [2.05, 4.69) is 20.8 Å². The number of hydrogen-bond donors (Lipinski definition) is 1.